The van der Waals surface area contributed by atoms with Crippen molar-refractivity contribution < 1.29 is 0 Å². The minimum Gasteiger partial charge on any atom is -0.314 e. The van der Waals surface area contributed by atoms with Crippen molar-refractivity contribution in [2.75, 3.05) is 26.2 Å². The first-order valence-electron chi connectivity index (χ1n) is 8.79. The van der Waals surface area contributed by atoms with Crippen LogP contribution in [0.15, 0.2) is 0 Å². The molecular formula is C17H34N2. The quantitative estimate of drug-likeness (QED) is 0.764. The van der Waals surface area contributed by atoms with Crippen LogP contribution in [0.4, 0.5) is 0 Å². The molecule has 0 amide bonds. The number of rotatable bonds is 5. The van der Waals surface area contributed by atoms with Crippen LogP contribution in [-0.2, 0) is 0 Å². The van der Waals surface area contributed by atoms with Crippen LogP contribution in [-0.4, -0.2) is 37.1 Å². The maximum atomic E-state index is 3.76. The molecule has 1 saturated carbocycles. The zero-order valence-corrected chi connectivity index (χ0v) is 13.2. The SMILES string of the molecule is CCNC1CCCCCC1CN1CCCC(CC)C1. The van der Waals surface area contributed by atoms with Crippen LogP contribution in [0.2, 0.25) is 0 Å². The molecule has 1 saturated heterocycles. The Morgan fingerprint density at radius 2 is 1.84 bits per heavy atom. The van der Waals surface area contributed by atoms with E-state index >= 15 is 0 Å². The standard InChI is InChI=1S/C17H34N2/c1-3-15-9-8-12-19(13-15)14-16-10-6-5-7-11-17(16)18-4-2/h15-18H,3-14H2,1-2H3. The molecule has 2 fully saturated rings. The van der Waals surface area contributed by atoms with Gasteiger partial charge < -0.3 is 10.2 Å². The van der Waals surface area contributed by atoms with E-state index in [1.807, 2.05) is 0 Å². The zero-order valence-electron chi connectivity index (χ0n) is 13.2. The number of likely N-dealkylation sites (tertiary alicyclic amines) is 1. The Hall–Kier alpha value is -0.0800. The average molecular weight is 266 g/mol. The van der Waals surface area contributed by atoms with Gasteiger partial charge in [0.05, 0.1) is 0 Å². The van der Waals surface area contributed by atoms with Crippen molar-refractivity contribution in [1.82, 2.24) is 10.2 Å². The van der Waals surface area contributed by atoms with E-state index in [1.54, 1.807) is 0 Å². The van der Waals surface area contributed by atoms with Crippen molar-refractivity contribution >= 4 is 0 Å². The van der Waals surface area contributed by atoms with Gasteiger partial charge >= 0.3 is 0 Å². The molecule has 1 N–H and O–H groups in total. The molecule has 0 bridgehead atoms. The second kappa shape index (κ2) is 8.26. The van der Waals surface area contributed by atoms with Crippen LogP contribution in [0.3, 0.4) is 0 Å². The van der Waals surface area contributed by atoms with E-state index in [0.29, 0.717) is 0 Å². The summed E-state index contributed by atoms with van der Waals surface area (Å²) in [6.45, 7) is 9.84. The highest BCUT2D eigenvalue weighted by Crippen LogP contribution is 2.27. The molecular weight excluding hydrogens is 232 g/mol. The summed E-state index contributed by atoms with van der Waals surface area (Å²) in [6, 6.07) is 0.787. The highest BCUT2D eigenvalue weighted by atomic mass is 15.1. The fourth-order valence-electron chi connectivity index (χ4n) is 4.12. The van der Waals surface area contributed by atoms with Crippen LogP contribution in [0, 0.1) is 11.8 Å². The normalized spacial score (nSPS) is 34.1. The third-order valence-corrected chi connectivity index (χ3v) is 5.30. The Kier molecular flexibility index (Phi) is 6.66. The predicted molar refractivity (Wildman–Crippen MR) is 83.5 cm³/mol. The highest BCUT2D eigenvalue weighted by molar-refractivity contribution is 4.83. The first-order chi connectivity index (χ1) is 9.33. The van der Waals surface area contributed by atoms with Gasteiger partial charge in [0.1, 0.15) is 0 Å². The maximum absolute atomic E-state index is 3.76. The van der Waals surface area contributed by atoms with Crippen LogP contribution < -0.4 is 5.32 Å². The monoisotopic (exact) mass is 266 g/mol. The van der Waals surface area contributed by atoms with Crippen LogP contribution >= 0.6 is 0 Å². The number of piperidine rings is 1. The second-order valence-corrected chi connectivity index (χ2v) is 6.74. The van der Waals surface area contributed by atoms with Gasteiger partial charge in [-0.3, -0.25) is 0 Å². The third-order valence-electron chi connectivity index (χ3n) is 5.30. The minimum atomic E-state index is 0.787. The molecule has 1 aliphatic heterocycles. The predicted octanol–water partition coefficient (Wildman–Crippen LogP) is 3.67. The molecule has 2 aliphatic rings. The zero-order chi connectivity index (χ0) is 13.5. The van der Waals surface area contributed by atoms with Crippen molar-refractivity contribution in [1.29, 1.82) is 0 Å². The van der Waals surface area contributed by atoms with E-state index in [4.69, 9.17) is 0 Å². The van der Waals surface area contributed by atoms with Crippen molar-refractivity contribution in [2.45, 2.75) is 71.3 Å². The largest absolute Gasteiger partial charge is 0.314 e. The third kappa shape index (κ3) is 4.75. The smallest absolute Gasteiger partial charge is 0.0107 e. The summed E-state index contributed by atoms with van der Waals surface area (Å²) in [5.41, 5.74) is 0. The first kappa shape index (κ1) is 15.3. The van der Waals surface area contributed by atoms with Gasteiger partial charge in [-0.1, -0.05) is 39.5 Å². The van der Waals surface area contributed by atoms with Crippen molar-refractivity contribution in [2.24, 2.45) is 11.8 Å². The maximum Gasteiger partial charge on any atom is 0.0107 e. The first-order valence-corrected chi connectivity index (χ1v) is 8.79. The molecule has 0 aromatic carbocycles. The van der Waals surface area contributed by atoms with Gasteiger partial charge in [-0.2, -0.15) is 0 Å². The Bertz CT molecular complexity index is 241. The summed E-state index contributed by atoms with van der Waals surface area (Å²) in [6.07, 6.45) is 11.5. The van der Waals surface area contributed by atoms with E-state index in [-0.39, 0.29) is 0 Å². The number of nitrogens with zero attached hydrogens (tertiary/aromatic N) is 1. The Morgan fingerprint density at radius 3 is 2.63 bits per heavy atom. The average Bonchev–Trinajstić information content (AvgIpc) is 2.65. The lowest BCUT2D eigenvalue weighted by Gasteiger charge is -2.37. The van der Waals surface area contributed by atoms with E-state index in [9.17, 15) is 0 Å². The molecule has 0 radical (unpaired) electrons. The van der Waals surface area contributed by atoms with Crippen molar-refractivity contribution in [3.05, 3.63) is 0 Å². The van der Waals surface area contributed by atoms with Gasteiger partial charge in [0.2, 0.25) is 0 Å². The highest BCUT2D eigenvalue weighted by Gasteiger charge is 2.27. The van der Waals surface area contributed by atoms with E-state index in [0.717, 1.165) is 24.4 Å². The van der Waals surface area contributed by atoms with Gasteiger partial charge in [-0.25, -0.2) is 0 Å². The molecule has 1 heterocycles. The topological polar surface area (TPSA) is 15.3 Å². The Balaban J connectivity index is 1.86. The van der Waals surface area contributed by atoms with Gasteiger partial charge in [0.15, 0.2) is 0 Å². The molecule has 3 atom stereocenters. The summed E-state index contributed by atoms with van der Waals surface area (Å²) in [4.78, 5) is 2.78. The van der Waals surface area contributed by atoms with Crippen LogP contribution in [0.5, 0.6) is 0 Å². The molecule has 3 unspecified atom stereocenters. The van der Waals surface area contributed by atoms with E-state index in [2.05, 4.69) is 24.1 Å². The molecule has 112 valence electrons. The van der Waals surface area contributed by atoms with Crippen molar-refractivity contribution in [3.8, 4) is 0 Å². The van der Waals surface area contributed by atoms with Gasteiger partial charge in [0, 0.05) is 19.1 Å². The Morgan fingerprint density at radius 1 is 1.00 bits per heavy atom. The van der Waals surface area contributed by atoms with E-state index in [1.165, 1.54) is 71.0 Å². The lowest BCUT2D eigenvalue weighted by molar-refractivity contribution is 0.132. The van der Waals surface area contributed by atoms with Crippen LogP contribution in [0.1, 0.15) is 65.2 Å². The molecule has 2 heteroatoms. The van der Waals surface area contributed by atoms with Crippen LogP contribution in [0.25, 0.3) is 0 Å². The summed E-state index contributed by atoms with van der Waals surface area (Å²) < 4.78 is 0. The van der Waals surface area contributed by atoms with Gasteiger partial charge in [-0.15, -0.1) is 0 Å². The van der Waals surface area contributed by atoms with Gasteiger partial charge in [0.25, 0.3) is 0 Å². The molecule has 2 rings (SSSR count). The molecule has 19 heavy (non-hydrogen) atoms. The minimum absolute atomic E-state index is 0.787. The number of hydrogen-bond acceptors (Lipinski definition) is 2. The summed E-state index contributed by atoms with van der Waals surface area (Å²) in [5.74, 6) is 1.87. The summed E-state index contributed by atoms with van der Waals surface area (Å²) >= 11 is 0. The molecule has 2 nitrogen and oxygen atoms in total. The molecule has 0 aromatic heterocycles. The van der Waals surface area contributed by atoms with Crippen molar-refractivity contribution in [3.63, 3.8) is 0 Å². The van der Waals surface area contributed by atoms with E-state index < -0.39 is 0 Å². The Labute approximate surface area is 120 Å². The fraction of sp³-hybridized carbons (Fsp3) is 1.00. The summed E-state index contributed by atoms with van der Waals surface area (Å²) in [7, 11) is 0. The fourth-order valence-corrected chi connectivity index (χ4v) is 4.12. The summed E-state index contributed by atoms with van der Waals surface area (Å²) in [5, 5.41) is 3.76. The second-order valence-electron chi connectivity index (χ2n) is 6.74. The number of nitrogens with one attached hydrogen (secondary N) is 1. The lowest BCUT2D eigenvalue weighted by Crippen LogP contribution is -2.44. The number of hydrogen-bond donors (Lipinski definition) is 1. The molecule has 0 spiro atoms. The van der Waals surface area contributed by atoms with Gasteiger partial charge in [-0.05, 0) is 50.6 Å². The lowest BCUT2D eigenvalue weighted by atomic mass is 9.91. The molecule has 0 aromatic rings. The molecule has 1 aliphatic carbocycles.